The van der Waals surface area contributed by atoms with E-state index in [0.717, 1.165) is 12.8 Å². The van der Waals surface area contributed by atoms with Crippen molar-refractivity contribution in [3.05, 3.63) is 58.1 Å². The van der Waals surface area contributed by atoms with E-state index in [1.54, 1.807) is 32.0 Å². The predicted octanol–water partition coefficient (Wildman–Crippen LogP) is 3.86. The number of amides is 1. The number of hydrogen-bond acceptors (Lipinski definition) is 5. The Morgan fingerprint density at radius 2 is 1.77 bits per heavy atom. The van der Waals surface area contributed by atoms with Gasteiger partial charge >= 0.3 is 5.97 Å². The quantitative estimate of drug-likeness (QED) is 0.674. The van der Waals surface area contributed by atoms with Crippen molar-refractivity contribution >= 4 is 39.2 Å². The highest BCUT2D eigenvalue weighted by Gasteiger charge is 2.29. The average molecular weight is 451 g/mol. The van der Waals surface area contributed by atoms with Gasteiger partial charge in [-0.05, 0) is 68.7 Å². The molecule has 1 saturated heterocycles. The molecule has 9 heteroatoms. The zero-order chi connectivity index (χ0) is 21.9. The SMILES string of the molecule is CCOC(=O)c1ccc(NC(=O)c2ccc(Cl)c(S(=O)(=O)N3CCCC3)c2)c(C)c1. The van der Waals surface area contributed by atoms with E-state index in [9.17, 15) is 18.0 Å². The molecule has 0 bridgehead atoms. The van der Waals surface area contributed by atoms with Crippen molar-refractivity contribution in [3.8, 4) is 0 Å². The van der Waals surface area contributed by atoms with Crippen LogP contribution in [0.5, 0.6) is 0 Å². The number of nitrogens with zero attached hydrogens (tertiary/aromatic N) is 1. The molecule has 0 unspecified atom stereocenters. The van der Waals surface area contributed by atoms with Crippen LogP contribution in [0, 0.1) is 6.92 Å². The van der Waals surface area contributed by atoms with Gasteiger partial charge in [-0.25, -0.2) is 13.2 Å². The van der Waals surface area contributed by atoms with Crippen LogP contribution in [0.3, 0.4) is 0 Å². The van der Waals surface area contributed by atoms with Crippen LogP contribution in [-0.2, 0) is 14.8 Å². The molecule has 1 aliphatic rings. The van der Waals surface area contributed by atoms with Crippen molar-refractivity contribution in [1.29, 1.82) is 0 Å². The van der Waals surface area contributed by atoms with E-state index in [0.29, 0.717) is 29.9 Å². The molecule has 30 heavy (non-hydrogen) atoms. The molecular formula is C21H23ClN2O5S. The molecule has 3 rings (SSSR count). The van der Waals surface area contributed by atoms with Crippen LogP contribution in [-0.4, -0.2) is 44.3 Å². The molecule has 0 saturated carbocycles. The number of anilines is 1. The van der Waals surface area contributed by atoms with E-state index < -0.39 is 21.9 Å². The standard InChI is InChI=1S/C21H23ClN2O5S/c1-3-29-21(26)16-7-9-18(14(2)12-16)23-20(25)15-6-8-17(22)19(13-15)30(27,28)24-10-4-5-11-24/h6-9,12-13H,3-5,10-11H2,1-2H3,(H,23,25). The van der Waals surface area contributed by atoms with Crippen molar-refractivity contribution in [2.24, 2.45) is 0 Å². The molecular weight excluding hydrogens is 428 g/mol. The summed E-state index contributed by atoms with van der Waals surface area (Å²) in [5.74, 6) is -0.913. The molecule has 0 atom stereocenters. The summed E-state index contributed by atoms with van der Waals surface area (Å²) in [5.41, 5.74) is 1.74. The second-order valence-electron chi connectivity index (χ2n) is 6.96. The van der Waals surface area contributed by atoms with Crippen LogP contribution in [0.25, 0.3) is 0 Å². The summed E-state index contributed by atoms with van der Waals surface area (Å²) in [6.45, 7) is 4.64. The monoisotopic (exact) mass is 450 g/mol. The smallest absolute Gasteiger partial charge is 0.338 e. The first-order valence-electron chi connectivity index (χ1n) is 9.63. The molecule has 0 aromatic heterocycles. The maximum Gasteiger partial charge on any atom is 0.338 e. The highest BCUT2D eigenvalue weighted by Crippen LogP contribution is 2.28. The molecule has 2 aromatic carbocycles. The van der Waals surface area contributed by atoms with Crippen molar-refractivity contribution in [3.63, 3.8) is 0 Å². The second-order valence-corrected chi connectivity index (χ2v) is 9.27. The first kappa shape index (κ1) is 22.3. The lowest BCUT2D eigenvalue weighted by Crippen LogP contribution is -2.28. The van der Waals surface area contributed by atoms with Crippen LogP contribution in [0.15, 0.2) is 41.3 Å². The highest BCUT2D eigenvalue weighted by molar-refractivity contribution is 7.89. The average Bonchev–Trinajstić information content (AvgIpc) is 3.25. The maximum atomic E-state index is 12.9. The number of rotatable bonds is 6. The Morgan fingerprint density at radius 3 is 2.40 bits per heavy atom. The summed E-state index contributed by atoms with van der Waals surface area (Å²) in [7, 11) is -3.76. The van der Waals surface area contributed by atoms with Crippen LogP contribution in [0.4, 0.5) is 5.69 Å². The number of carbonyl (C=O) groups is 2. The molecule has 1 N–H and O–H groups in total. The molecule has 1 fully saturated rings. The Kier molecular flexibility index (Phi) is 6.80. The van der Waals surface area contributed by atoms with Gasteiger partial charge in [0.15, 0.2) is 0 Å². The van der Waals surface area contributed by atoms with E-state index in [-0.39, 0.29) is 22.1 Å². The van der Waals surface area contributed by atoms with E-state index in [2.05, 4.69) is 5.32 Å². The van der Waals surface area contributed by atoms with Crippen LogP contribution in [0.1, 0.15) is 46.0 Å². The third kappa shape index (κ3) is 4.66. The van der Waals surface area contributed by atoms with Gasteiger partial charge < -0.3 is 10.1 Å². The largest absolute Gasteiger partial charge is 0.462 e. The summed E-state index contributed by atoms with van der Waals surface area (Å²) in [5, 5.41) is 2.83. The van der Waals surface area contributed by atoms with Crippen molar-refractivity contribution in [2.45, 2.75) is 31.6 Å². The molecule has 160 valence electrons. The van der Waals surface area contributed by atoms with Gasteiger partial charge in [0, 0.05) is 24.3 Å². The minimum Gasteiger partial charge on any atom is -0.462 e. The molecule has 0 spiro atoms. The predicted molar refractivity (Wildman–Crippen MR) is 115 cm³/mol. The fourth-order valence-corrected chi connectivity index (χ4v) is 5.27. The minimum atomic E-state index is -3.76. The number of halogens is 1. The van der Waals surface area contributed by atoms with Gasteiger partial charge in [0.2, 0.25) is 10.0 Å². The van der Waals surface area contributed by atoms with Gasteiger partial charge in [0.05, 0.1) is 17.2 Å². The van der Waals surface area contributed by atoms with Crippen molar-refractivity contribution in [1.82, 2.24) is 4.31 Å². The zero-order valence-corrected chi connectivity index (χ0v) is 18.3. The summed E-state index contributed by atoms with van der Waals surface area (Å²) >= 11 is 6.14. The highest BCUT2D eigenvalue weighted by atomic mass is 35.5. The van der Waals surface area contributed by atoms with Gasteiger partial charge in [-0.1, -0.05) is 11.6 Å². The normalized spacial score (nSPS) is 14.5. The Morgan fingerprint density at radius 1 is 1.10 bits per heavy atom. The lowest BCUT2D eigenvalue weighted by molar-refractivity contribution is 0.0526. The van der Waals surface area contributed by atoms with E-state index in [1.165, 1.54) is 22.5 Å². The molecule has 1 heterocycles. The Balaban J connectivity index is 1.83. The number of carbonyl (C=O) groups excluding carboxylic acids is 2. The number of esters is 1. The molecule has 2 aromatic rings. The fraction of sp³-hybridized carbons (Fsp3) is 0.333. The third-order valence-electron chi connectivity index (χ3n) is 4.86. The topological polar surface area (TPSA) is 92.8 Å². The molecule has 1 amide bonds. The van der Waals surface area contributed by atoms with Gasteiger partial charge in [-0.15, -0.1) is 0 Å². The van der Waals surface area contributed by atoms with Crippen molar-refractivity contribution < 1.29 is 22.7 Å². The van der Waals surface area contributed by atoms with Gasteiger partial charge in [-0.2, -0.15) is 4.31 Å². The van der Waals surface area contributed by atoms with Gasteiger partial charge in [0.25, 0.3) is 5.91 Å². The summed E-state index contributed by atoms with van der Waals surface area (Å²) in [4.78, 5) is 24.5. The molecule has 0 radical (unpaired) electrons. The number of aryl methyl sites for hydroxylation is 1. The van der Waals surface area contributed by atoms with Crippen LogP contribution in [0.2, 0.25) is 5.02 Å². The molecule has 0 aliphatic carbocycles. The lowest BCUT2D eigenvalue weighted by Gasteiger charge is -2.17. The van der Waals surface area contributed by atoms with Crippen LogP contribution >= 0.6 is 11.6 Å². The number of sulfonamides is 1. The molecule has 7 nitrogen and oxygen atoms in total. The van der Waals surface area contributed by atoms with Gasteiger partial charge in [0.1, 0.15) is 4.90 Å². The van der Waals surface area contributed by atoms with Gasteiger partial charge in [-0.3, -0.25) is 4.79 Å². The maximum absolute atomic E-state index is 12.9. The summed E-state index contributed by atoms with van der Waals surface area (Å²) < 4.78 is 32.1. The zero-order valence-electron chi connectivity index (χ0n) is 16.8. The Bertz CT molecular complexity index is 1080. The first-order valence-corrected chi connectivity index (χ1v) is 11.4. The van der Waals surface area contributed by atoms with E-state index in [4.69, 9.17) is 16.3 Å². The van der Waals surface area contributed by atoms with Crippen molar-refractivity contribution in [2.75, 3.05) is 25.0 Å². The molecule has 1 aliphatic heterocycles. The minimum absolute atomic E-state index is 0.0758. The fourth-order valence-electron chi connectivity index (χ4n) is 3.25. The summed E-state index contributed by atoms with van der Waals surface area (Å²) in [6, 6.07) is 8.98. The Hall–Kier alpha value is -2.42. The number of benzene rings is 2. The van der Waals surface area contributed by atoms with E-state index in [1.807, 2.05) is 0 Å². The number of nitrogens with one attached hydrogen (secondary N) is 1. The van der Waals surface area contributed by atoms with E-state index >= 15 is 0 Å². The van der Waals surface area contributed by atoms with Crippen LogP contribution < -0.4 is 5.32 Å². The summed E-state index contributed by atoms with van der Waals surface area (Å²) in [6.07, 6.45) is 1.61. The third-order valence-corrected chi connectivity index (χ3v) is 7.24. The Labute approximate surface area is 181 Å². The second kappa shape index (κ2) is 9.16. The first-order chi connectivity index (χ1) is 14.2. The number of ether oxygens (including phenoxy) is 1. The number of hydrogen-bond donors (Lipinski definition) is 1. The lowest BCUT2D eigenvalue weighted by atomic mass is 10.1.